The van der Waals surface area contributed by atoms with Crippen molar-refractivity contribution in [1.29, 1.82) is 0 Å². The molecule has 1 N–H and O–H groups in total. The second-order valence-corrected chi connectivity index (χ2v) is 7.30. The van der Waals surface area contributed by atoms with Gasteiger partial charge in [-0.25, -0.2) is 8.42 Å². The molecule has 0 saturated carbocycles. The summed E-state index contributed by atoms with van der Waals surface area (Å²) in [7, 11) is -2.79. The number of hydrogen-bond acceptors (Lipinski definition) is 3. The highest BCUT2D eigenvalue weighted by molar-refractivity contribution is 7.91. The molecule has 1 fully saturated rings. The summed E-state index contributed by atoms with van der Waals surface area (Å²) in [6, 6.07) is 0. The molecular formula is C11H21NO3S. The Hall–Kier alpha value is -0.580. The lowest BCUT2D eigenvalue weighted by Gasteiger charge is -2.22. The molecule has 1 aliphatic rings. The number of sulfone groups is 1. The molecule has 1 amide bonds. The Morgan fingerprint density at radius 2 is 1.88 bits per heavy atom. The van der Waals surface area contributed by atoms with Gasteiger partial charge in [-0.15, -0.1) is 0 Å². The minimum absolute atomic E-state index is 0.0726. The zero-order chi connectivity index (χ0) is 12.2. The van der Waals surface area contributed by atoms with Gasteiger partial charge in [0.15, 0.2) is 0 Å². The zero-order valence-corrected chi connectivity index (χ0v) is 10.8. The molecule has 16 heavy (non-hydrogen) atoms. The van der Waals surface area contributed by atoms with E-state index < -0.39 is 9.84 Å². The third-order valence-corrected chi connectivity index (χ3v) is 4.57. The molecule has 1 saturated heterocycles. The first-order valence-corrected chi connectivity index (χ1v) is 7.68. The van der Waals surface area contributed by atoms with Crippen LogP contribution in [0.25, 0.3) is 0 Å². The average Bonchev–Trinajstić information content (AvgIpc) is 2.15. The van der Waals surface area contributed by atoms with E-state index in [-0.39, 0.29) is 17.4 Å². The van der Waals surface area contributed by atoms with Crippen LogP contribution in [0.15, 0.2) is 0 Å². The van der Waals surface area contributed by atoms with E-state index in [4.69, 9.17) is 0 Å². The average molecular weight is 247 g/mol. The summed E-state index contributed by atoms with van der Waals surface area (Å²) < 4.78 is 22.4. The molecule has 4 nitrogen and oxygen atoms in total. The smallest absolute Gasteiger partial charge is 0.220 e. The fourth-order valence-electron chi connectivity index (χ4n) is 1.84. The Morgan fingerprint density at radius 3 is 2.38 bits per heavy atom. The first-order valence-electron chi connectivity index (χ1n) is 5.86. The van der Waals surface area contributed by atoms with Crippen LogP contribution in [0.5, 0.6) is 0 Å². The van der Waals surface area contributed by atoms with Crippen molar-refractivity contribution in [3.8, 4) is 0 Å². The quantitative estimate of drug-likeness (QED) is 0.805. The van der Waals surface area contributed by atoms with Crippen LogP contribution in [0.4, 0.5) is 0 Å². The summed E-state index contributed by atoms with van der Waals surface area (Å²) in [4.78, 5) is 11.4. The molecular weight excluding hydrogens is 226 g/mol. The van der Waals surface area contributed by atoms with Crippen LogP contribution in [-0.4, -0.2) is 32.4 Å². The van der Waals surface area contributed by atoms with Gasteiger partial charge in [-0.2, -0.15) is 0 Å². The fraction of sp³-hybridized carbons (Fsp3) is 0.909. The van der Waals surface area contributed by atoms with E-state index in [9.17, 15) is 13.2 Å². The summed E-state index contributed by atoms with van der Waals surface area (Å²) in [6.07, 6.45) is 1.92. The van der Waals surface area contributed by atoms with Crippen molar-refractivity contribution in [2.75, 3.05) is 18.1 Å². The molecule has 0 radical (unpaired) electrons. The predicted molar refractivity (Wildman–Crippen MR) is 63.8 cm³/mol. The maximum atomic E-state index is 11.4. The van der Waals surface area contributed by atoms with Crippen molar-refractivity contribution in [3.05, 3.63) is 0 Å². The minimum Gasteiger partial charge on any atom is -0.356 e. The molecule has 0 unspecified atom stereocenters. The second kappa shape index (κ2) is 5.66. The highest BCUT2D eigenvalue weighted by Gasteiger charge is 2.23. The number of nitrogens with one attached hydrogen (secondary N) is 1. The molecule has 1 heterocycles. The van der Waals surface area contributed by atoms with E-state index in [1.54, 1.807) is 0 Å². The van der Waals surface area contributed by atoms with Crippen molar-refractivity contribution < 1.29 is 13.2 Å². The lowest BCUT2D eigenvalue weighted by atomic mass is 10.0. The van der Waals surface area contributed by atoms with Gasteiger partial charge in [0.05, 0.1) is 11.5 Å². The topological polar surface area (TPSA) is 63.2 Å². The van der Waals surface area contributed by atoms with E-state index in [2.05, 4.69) is 5.32 Å². The standard InChI is InChI=1S/C11H21NO3S/c1-9(2)7-11(13)12-8-10-3-5-16(14,15)6-4-10/h9-10H,3-8H2,1-2H3,(H,12,13). The molecule has 0 aromatic carbocycles. The first kappa shape index (κ1) is 13.5. The van der Waals surface area contributed by atoms with E-state index >= 15 is 0 Å². The number of amides is 1. The summed E-state index contributed by atoms with van der Waals surface area (Å²) in [6.45, 7) is 4.64. The van der Waals surface area contributed by atoms with Gasteiger partial charge >= 0.3 is 0 Å². The van der Waals surface area contributed by atoms with E-state index in [0.717, 1.165) is 0 Å². The van der Waals surface area contributed by atoms with Gasteiger partial charge < -0.3 is 5.32 Å². The number of rotatable bonds is 4. The van der Waals surface area contributed by atoms with Crippen LogP contribution >= 0.6 is 0 Å². The maximum absolute atomic E-state index is 11.4. The van der Waals surface area contributed by atoms with Crippen molar-refractivity contribution >= 4 is 15.7 Å². The van der Waals surface area contributed by atoms with Crippen LogP contribution in [0, 0.1) is 11.8 Å². The molecule has 5 heteroatoms. The van der Waals surface area contributed by atoms with Gasteiger partial charge in [0, 0.05) is 13.0 Å². The van der Waals surface area contributed by atoms with Crippen molar-refractivity contribution in [1.82, 2.24) is 5.32 Å². The van der Waals surface area contributed by atoms with Crippen LogP contribution in [-0.2, 0) is 14.6 Å². The molecule has 0 aromatic heterocycles. The molecule has 0 aliphatic carbocycles. The Balaban J connectivity index is 2.22. The summed E-state index contributed by atoms with van der Waals surface area (Å²) >= 11 is 0. The number of carbonyl (C=O) groups is 1. The molecule has 1 aliphatic heterocycles. The number of hydrogen-bond donors (Lipinski definition) is 1. The summed E-state index contributed by atoms with van der Waals surface area (Å²) in [5.41, 5.74) is 0. The van der Waals surface area contributed by atoms with Crippen molar-refractivity contribution in [2.24, 2.45) is 11.8 Å². The number of carbonyl (C=O) groups excluding carboxylic acids is 1. The van der Waals surface area contributed by atoms with Gasteiger partial charge in [-0.05, 0) is 24.7 Å². The van der Waals surface area contributed by atoms with Crippen LogP contribution < -0.4 is 5.32 Å². The lowest BCUT2D eigenvalue weighted by Crippen LogP contribution is -2.34. The SMILES string of the molecule is CC(C)CC(=O)NCC1CCS(=O)(=O)CC1. The summed E-state index contributed by atoms with van der Waals surface area (Å²) in [5, 5.41) is 2.88. The largest absolute Gasteiger partial charge is 0.356 e. The third-order valence-electron chi connectivity index (χ3n) is 2.86. The Labute approximate surface area is 97.7 Å². The Morgan fingerprint density at radius 1 is 1.31 bits per heavy atom. The Bertz CT molecular complexity index is 321. The van der Waals surface area contributed by atoms with Gasteiger partial charge in [-0.1, -0.05) is 13.8 Å². The predicted octanol–water partition coefficient (Wildman–Crippen LogP) is 0.974. The fourth-order valence-corrected chi connectivity index (χ4v) is 3.43. The van der Waals surface area contributed by atoms with Gasteiger partial charge in [-0.3, -0.25) is 4.79 Å². The molecule has 94 valence electrons. The van der Waals surface area contributed by atoms with Crippen LogP contribution in [0.3, 0.4) is 0 Å². The van der Waals surface area contributed by atoms with E-state index in [1.807, 2.05) is 13.8 Å². The normalized spacial score (nSPS) is 20.9. The third kappa shape index (κ3) is 4.96. The molecule has 0 spiro atoms. The minimum atomic E-state index is -2.79. The summed E-state index contributed by atoms with van der Waals surface area (Å²) in [5.74, 6) is 1.32. The van der Waals surface area contributed by atoms with E-state index in [0.29, 0.717) is 37.6 Å². The molecule has 0 aromatic rings. The van der Waals surface area contributed by atoms with Crippen molar-refractivity contribution in [2.45, 2.75) is 33.1 Å². The Kier molecular flexibility index (Phi) is 4.77. The molecule has 1 rings (SSSR count). The zero-order valence-electron chi connectivity index (χ0n) is 10.0. The van der Waals surface area contributed by atoms with Gasteiger partial charge in [0.25, 0.3) is 0 Å². The van der Waals surface area contributed by atoms with Crippen LogP contribution in [0.1, 0.15) is 33.1 Å². The second-order valence-electron chi connectivity index (χ2n) is 5.00. The monoisotopic (exact) mass is 247 g/mol. The highest BCUT2D eigenvalue weighted by Crippen LogP contribution is 2.17. The molecule has 0 atom stereocenters. The first-order chi connectivity index (χ1) is 7.39. The lowest BCUT2D eigenvalue weighted by molar-refractivity contribution is -0.121. The maximum Gasteiger partial charge on any atom is 0.220 e. The van der Waals surface area contributed by atoms with E-state index in [1.165, 1.54) is 0 Å². The van der Waals surface area contributed by atoms with Gasteiger partial charge in [0.2, 0.25) is 5.91 Å². The van der Waals surface area contributed by atoms with Crippen molar-refractivity contribution in [3.63, 3.8) is 0 Å². The highest BCUT2D eigenvalue weighted by atomic mass is 32.2. The molecule has 0 bridgehead atoms. The van der Waals surface area contributed by atoms with Crippen LogP contribution in [0.2, 0.25) is 0 Å². The van der Waals surface area contributed by atoms with Gasteiger partial charge in [0.1, 0.15) is 9.84 Å².